The van der Waals surface area contributed by atoms with Gasteiger partial charge in [0.25, 0.3) is 0 Å². The van der Waals surface area contributed by atoms with Crippen molar-refractivity contribution in [2.45, 2.75) is 165 Å². The molecule has 4 unspecified atom stereocenters. The minimum absolute atomic E-state index is 0.0146. The van der Waals surface area contributed by atoms with Crippen molar-refractivity contribution >= 4 is 24.0 Å². The van der Waals surface area contributed by atoms with E-state index in [4.69, 9.17) is 18.9 Å². The maximum atomic E-state index is 12.7. The fourth-order valence-electron chi connectivity index (χ4n) is 9.55. The summed E-state index contributed by atoms with van der Waals surface area (Å²) in [4.78, 5) is 55.1. The molecular formula is C37H56F6N4O9. The molecule has 0 saturated carbocycles. The second-order valence-corrected chi connectivity index (χ2v) is 17.9. The topological polar surface area (TPSA) is 138 Å². The molecule has 0 aliphatic carbocycles. The highest BCUT2D eigenvalue weighted by atomic mass is 19.4. The van der Waals surface area contributed by atoms with Gasteiger partial charge in [0.2, 0.25) is 11.8 Å². The number of methoxy groups -OCH3 is 1. The van der Waals surface area contributed by atoms with Crippen molar-refractivity contribution in [1.29, 1.82) is 0 Å². The summed E-state index contributed by atoms with van der Waals surface area (Å²) in [6.45, 7) is 12.9. The molecule has 7 rings (SSSR count). The number of carbonyl (C=O) groups excluding carboxylic acids is 4. The van der Waals surface area contributed by atoms with Crippen LogP contribution in [0.3, 0.4) is 0 Å². The van der Waals surface area contributed by atoms with Crippen LogP contribution in [0.15, 0.2) is 0 Å². The number of piperidine rings is 4. The lowest BCUT2D eigenvalue weighted by Gasteiger charge is -2.46. The highest BCUT2D eigenvalue weighted by molar-refractivity contribution is 5.79. The molecule has 13 nitrogen and oxygen atoms in total. The lowest BCUT2D eigenvalue weighted by atomic mass is 9.86. The highest BCUT2D eigenvalue weighted by Crippen LogP contribution is 2.48. The molecule has 7 heterocycles. The van der Waals surface area contributed by atoms with E-state index < -0.39 is 96.8 Å². The van der Waals surface area contributed by atoms with Gasteiger partial charge in [0.05, 0.1) is 42.4 Å². The molecule has 4 amide bonds. The second-order valence-electron chi connectivity index (χ2n) is 17.9. The van der Waals surface area contributed by atoms with Crippen LogP contribution in [0.25, 0.3) is 0 Å². The summed E-state index contributed by atoms with van der Waals surface area (Å²) in [6.07, 6.45) is -10.0. The van der Waals surface area contributed by atoms with E-state index in [0.717, 1.165) is 18.1 Å². The number of alkyl halides is 6. The van der Waals surface area contributed by atoms with Gasteiger partial charge in [-0.05, 0) is 91.9 Å². The van der Waals surface area contributed by atoms with Crippen molar-refractivity contribution in [3.63, 3.8) is 0 Å². The smallest absolute Gasteiger partial charge is 0.410 e. The maximum absolute atomic E-state index is 12.7. The summed E-state index contributed by atoms with van der Waals surface area (Å²) in [6, 6.07) is -3.04. The van der Waals surface area contributed by atoms with E-state index in [2.05, 4.69) is 0 Å². The highest BCUT2D eigenvalue weighted by Gasteiger charge is 2.63. The average Bonchev–Trinajstić information content (AvgIpc) is 3.67. The normalized spacial score (nSPS) is 33.1. The van der Waals surface area contributed by atoms with Gasteiger partial charge < -0.3 is 33.9 Å². The lowest BCUT2D eigenvalue weighted by Crippen LogP contribution is -2.59. The average molecular weight is 815 g/mol. The molecular weight excluding hydrogens is 758 g/mol. The SMILES string of the molecule is C1CCOC1.CC(C)(C)OC(=O)N1[C@@H]2CC3C[C@H]1[C@H](O)C2N(C(=O)CC(F)(F)F)C3.CO[C@@H]1C2[C@H]3CC(C[C@@H]1N3C(=O)OC(C)(C)C)CN2C(=O)CC(F)(F)F. The minimum atomic E-state index is -4.60. The van der Waals surface area contributed by atoms with Crippen LogP contribution < -0.4 is 0 Å². The summed E-state index contributed by atoms with van der Waals surface area (Å²) in [7, 11) is 1.47. The first-order valence-corrected chi connectivity index (χ1v) is 19.3. The third-order valence-electron chi connectivity index (χ3n) is 11.3. The van der Waals surface area contributed by atoms with E-state index in [1.165, 1.54) is 29.8 Å². The van der Waals surface area contributed by atoms with Crippen LogP contribution in [0, 0.1) is 11.8 Å². The Morgan fingerprint density at radius 1 is 0.643 bits per heavy atom. The zero-order valence-corrected chi connectivity index (χ0v) is 33.0. The Bertz CT molecular complexity index is 1440. The minimum Gasteiger partial charge on any atom is -0.444 e. The Labute approximate surface area is 323 Å². The van der Waals surface area contributed by atoms with Crippen LogP contribution in [0.1, 0.15) is 92.9 Å². The zero-order chi connectivity index (χ0) is 41.7. The standard InChI is InChI=1S/C17H25F3N2O4.C16H23F3N2O4.C4H8O/c1-16(2,3)26-15(24)22-10-5-9-6-11(22)14(25-4)13(10)21(8-9)12(23)7-17(18,19)20;1-15(2,3)25-14(24)21-9-4-8-5-10(21)13(23)12(9)20(7-8)11(22)6-16(17,18)19;1-2-4-5-3-1/h9-11,13-14H,5-8H2,1-4H3;8-10,12-13,23H,4-7H2,1-3H3;1-4H2/t9?,10-,11+,13?,14+;8?,9-,10+,12?,13+;/m11./s1. The fourth-order valence-corrected chi connectivity index (χ4v) is 9.55. The molecule has 7 fully saturated rings. The van der Waals surface area contributed by atoms with Gasteiger partial charge in [-0.3, -0.25) is 19.4 Å². The Kier molecular flexibility index (Phi) is 12.8. The molecule has 0 radical (unpaired) electrons. The molecule has 0 spiro atoms. The Morgan fingerprint density at radius 2 is 1.04 bits per heavy atom. The lowest BCUT2D eigenvalue weighted by molar-refractivity contribution is -0.168. The zero-order valence-electron chi connectivity index (χ0n) is 33.0. The number of hydrogen-bond donors (Lipinski definition) is 1. The summed E-state index contributed by atoms with van der Waals surface area (Å²) in [5.41, 5.74) is -1.40. The molecule has 0 aromatic heterocycles. The Morgan fingerprint density at radius 3 is 1.43 bits per heavy atom. The van der Waals surface area contributed by atoms with Crippen LogP contribution in [0.2, 0.25) is 0 Å². The summed E-state index contributed by atoms with van der Waals surface area (Å²) in [5.74, 6) is -1.94. The number of ether oxygens (including phenoxy) is 4. The van der Waals surface area contributed by atoms with Gasteiger partial charge in [0.15, 0.2) is 0 Å². The van der Waals surface area contributed by atoms with E-state index >= 15 is 0 Å². The van der Waals surface area contributed by atoms with E-state index in [1.54, 1.807) is 46.4 Å². The maximum Gasteiger partial charge on any atom is 0.410 e. The van der Waals surface area contributed by atoms with Gasteiger partial charge in [-0.2, -0.15) is 26.3 Å². The van der Waals surface area contributed by atoms with E-state index in [0.29, 0.717) is 25.7 Å². The van der Waals surface area contributed by atoms with E-state index in [1.807, 2.05) is 0 Å². The molecule has 19 heteroatoms. The number of likely N-dealkylation sites (tertiary alicyclic amines) is 2. The largest absolute Gasteiger partial charge is 0.444 e. The molecule has 0 aromatic carbocycles. The van der Waals surface area contributed by atoms with E-state index in [9.17, 15) is 50.6 Å². The molecule has 1 N–H and O–H groups in total. The van der Waals surface area contributed by atoms with E-state index in [-0.39, 0.29) is 37.0 Å². The quantitative estimate of drug-likeness (QED) is 0.378. The summed E-state index contributed by atoms with van der Waals surface area (Å²) < 4.78 is 97.3. The number of nitrogens with zero attached hydrogens (tertiary/aromatic N) is 4. The monoisotopic (exact) mass is 814 g/mol. The Balaban J connectivity index is 0.000000190. The van der Waals surface area contributed by atoms with Crippen LogP contribution in [-0.4, -0.2) is 154 Å². The number of aliphatic hydroxyl groups is 1. The van der Waals surface area contributed by atoms with Gasteiger partial charge in [-0.1, -0.05) is 0 Å². The van der Waals surface area contributed by atoms with Gasteiger partial charge in [0.1, 0.15) is 30.1 Å². The number of halogens is 6. The first-order chi connectivity index (χ1) is 25.8. The number of fused-ring (bicyclic) bond motifs is 4. The second kappa shape index (κ2) is 16.3. The first kappa shape index (κ1) is 44.1. The number of aliphatic hydroxyl groups excluding tert-OH is 1. The predicted octanol–water partition coefficient (Wildman–Crippen LogP) is 5.27. The van der Waals surface area contributed by atoms with Crippen molar-refractivity contribution < 1.29 is 69.6 Å². The molecule has 7 aliphatic heterocycles. The molecule has 320 valence electrons. The predicted molar refractivity (Wildman–Crippen MR) is 186 cm³/mol. The molecule has 0 aromatic rings. The van der Waals surface area contributed by atoms with Crippen molar-refractivity contribution in [2.75, 3.05) is 33.4 Å². The van der Waals surface area contributed by atoms with Gasteiger partial charge in [0, 0.05) is 33.4 Å². The van der Waals surface area contributed by atoms with Gasteiger partial charge in [-0.15, -0.1) is 0 Å². The van der Waals surface area contributed by atoms with Crippen molar-refractivity contribution in [2.24, 2.45) is 11.8 Å². The van der Waals surface area contributed by atoms with Crippen LogP contribution in [0.5, 0.6) is 0 Å². The van der Waals surface area contributed by atoms with Crippen molar-refractivity contribution in [3.05, 3.63) is 0 Å². The Hall–Kier alpha value is -3.06. The molecule has 10 atom stereocenters. The fraction of sp³-hybridized carbons (Fsp3) is 0.892. The van der Waals surface area contributed by atoms with Crippen molar-refractivity contribution in [1.82, 2.24) is 19.6 Å². The summed E-state index contributed by atoms with van der Waals surface area (Å²) >= 11 is 0. The van der Waals surface area contributed by atoms with Crippen LogP contribution in [0.4, 0.5) is 35.9 Å². The number of rotatable bonds is 3. The van der Waals surface area contributed by atoms with Crippen molar-refractivity contribution in [3.8, 4) is 0 Å². The number of amides is 4. The number of hydrogen-bond acceptors (Lipinski definition) is 9. The van der Waals surface area contributed by atoms with Gasteiger partial charge >= 0.3 is 24.5 Å². The third kappa shape index (κ3) is 10.1. The first-order valence-electron chi connectivity index (χ1n) is 19.3. The van der Waals surface area contributed by atoms with Gasteiger partial charge in [-0.25, -0.2) is 9.59 Å². The molecule has 6 bridgehead atoms. The molecule has 56 heavy (non-hydrogen) atoms. The molecule has 7 aliphatic rings. The van der Waals surface area contributed by atoms with Crippen LogP contribution >= 0.6 is 0 Å². The van der Waals surface area contributed by atoms with Crippen LogP contribution in [-0.2, 0) is 28.5 Å². The third-order valence-corrected chi connectivity index (χ3v) is 11.3. The number of carbonyl (C=O) groups is 4. The summed E-state index contributed by atoms with van der Waals surface area (Å²) in [5, 5.41) is 10.6. The molecule has 7 saturated heterocycles.